The SMILES string of the molecule is NC(=O)CC1CC(=O)N(c2ccc(OCc3ccc(F)cc3)nc2)C1. The molecule has 1 aliphatic heterocycles. The van der Waals surface area contributed by atoms with Crippen LogP contribution in [0.2, 0.25) is 0 Å². The first kappa shape index (κ1) is 16.9. The second-order valence-corrected chi connectivity index (χ2v) is 6.01. The second kappa shape index (κ2) is 7.29. The largest absolute Gasteiger partial charge is 0.473 e. The molecule has 0 spiro atoms. The summed E-state index contributed by atoms with van der Waals surface area (Å²) in [6.45, 7) is 0.731. The number of primary amides is 1. The van der Waals surface area contributed by atoms with Gasteiger partial charge in [0.2, 0.25) is 17.7 Å². The molecule has 0 radical (unpaired) electrons. The van der Waals surface area contributed by atoms with Gasteiger partial charge in [-0.1, -0.05) is 12.1 Å². The summed E-state index contributed by atoms with van der Waals surface area (Å²) in [5, 5.41) is 0. The van der Waals surface area contributed by atoms with Crippen molar-refractivity contribution in [2.24, 2.45) is 11.7 Å². The minimum Gasteiger partial charge on any atom is -0.473 e. The maximum atomic E-state index is 12.9. The Labute approximate surface area is 144 Å². The lowest BCUT2D eigenvalue weighted by Crippen LogP contribution is -2.25. The molecular weight excluding hydrogens is 325 g/mol. The van der Waals surface area contributed by atoms with Crippen molar-refractivity contribution in [2.45, 2.75) is 19.4 Å². The molecule has 25 heavy (non-hydrogen) atoms. The lowest BCUT2D eigenvalue weighted by Gasteiger charge is -2.16. The third-order valence-corrected chi connectivity index (χ3v) is 4.03. The predicted molar refractivity (Wildman–Crippen MR) is 89.2 cm³/mol. The number of amides is 2. The normalized spacial score (nSPS) is 16.9. The summed E-state index contributed by atoms with van der Waals surface area (Å²) in [6, 6.07) is 9.45. The number of hydrogen-bond donors (Lipinski definition) is 1. The van der Waals surface area contributed by atoms with Crippen LogP contribution in [0.4, 0.5) is 10.1 Å². The highest BCUT2D eigenvalue weighted by Crippen LogP contribution is 2.27. The lowest BCUT2D eigenvalue weighted by atomic mass is 10.1. The topological polar surface area (TPSA) is 85.5 Å². The first-order valence-electron chi connectivity index (χ1n) is 7.93. The molecule has 6 nitrogen and oxygen atoms in total. The molecule has 1 aliphatic rings. The summed E-state index contributed by atoms with van der Waals surface area (Å²) in [5.41, 5.74) is 6.68. The fourth-order valence-corrected chi connectivity index (χ4v) is 2.81. The smallest absolute Gasteiger partial charge is 0.227 e. The molecule has 0 aliphatic carbocycles. The molecule has 1 aromatic heterocycles. The Morgan fingerprint density at radius 1 is 1.28 bits per heavy atom. The fraction of sp³-hybridized carbons (Fsp3) is 0.278. The standard InChI is InChI=1S/C18H18FN3O3/c19-14-3-1-12(2-4-14)11-25-17-6-5-15(9-21-17)22-10-13(7-16(20)23)8-18(22)24/h1-6,9,13H,7-8,10-11H2,(H2,20,23). The molecule has 1 atom stereocenters. The van der Waals surface area contributed by atoms with Gasteiger partial charge in [0.05, 0.1) is 11.9 Å². The Kier molecular flexibility index (Phi) is 4.92. The van der Waals surface area contributed by atoms with E-state index >= 15 is 0 Å². The third-order valence-electron chi connectivity index (χ3n) is 4.03. The van der Waals surface area contributed by atoms with Crippen LogP contribution in [0, 0.1) is 11.7 Å². The molecule has 1 aromatic carbocycles. The van der Waals surface area contributed by atoms with Crippen molar-refractivity contribution in [3.8, 4) is 5.88 Å². The maximum absolute atomic E-state index is 12.9. The van der Waals surface area contributed by atoms with Crippen LogP contribution in [0.5, 0.6) is 5.88 Å². The number of anilines is 1. The number of carbonyl (C=O) groups is 2. The van der Waals surface area contributed by atoms with E-state index in [4.69, 9.17) is 10.5 Å². The van der Waals surface area contributed by atoms with Crippen LogP contribution in [0.25, 0.3) is 0 Å². The van der Waals surface area contributed by atoms with Crippen LogP contribution in [0.1, 0.15) is 18.4 Å². The van der Waals surface area contributed by atoms with Crippen LogP contribution >= 0.6 is 0 Å². The van der Waals surface area contributed by atoms with Gasteiger partial charge in [-0.05, 0) is 29.7 Å². The van der Waals surface area contributed by atoms with E-state index in [2.05, 4.69) is 4.98 Å². The first-order chi connectivity index (χ1) is 12.0. The van der Waals surface area contributed by atoms with Crippen molar-refractivity contribution in [2.75, 3.05) is 11.4 Å². The number of nitrogens with zero attached hydrogens (tertiary/aromatic N) is 2. The average Bonchev–Trinajstić information content (AvgIpc) is 2.94. The highest BCUT2D eigenvalue weighted by atomic mass is 19.1. The van der Waals surface area contributed by atoms with Crippen LogP contribution in [0.3, 0.4) is 0 Å². The molecule has 2 heterocycles. The molecule has 2 amide bonds. The number of hydrogen-bond acceptors (Lipinski definition) is 4. The summed E-state index contributed by atoms with van der Waals surface area (Å²) in [4.78, 5) is 28.9. The molecule has 1 saturated heterocycles. The van der Waals surface area contributed by atoms with Crippen LogP contribution in [-0.4, -0.2) is 23.3 Å². The fourth-order valence-electron chi connectivity index (χ4n) is 2.81. The Balaban J connectivity index is 1.59. The zero-order chi connectivity index (χ0) is 17.8. The summed E-state index contributed by atoms with van der Waals surface area (Å²) < 4.78 is 18.4. The molecule has 0 saturated carbocycles. The molecule has 130 valence electrons. The highest BCUT2D eigenvalue weighted by Gasteiger charge is 2.31. The third kappa shape index (κ3) is 4.32. The number of ether oxygens (including phenoxy) is 1. The van der Waals surface area contributed by atoms with Gasteiger partial charge in [0.1, 0.15) is 12.4 Å². The molecule has 1 fully saturated rings. The zero-order valence-electron chi connectivity index (χ0n) is 13.5. The van der Waals surface area contributed by atoms with Gasteiger partial charge in [-0.2, -0.15) is 0 Å². The first-order valence-corrected chi connectivity index (χ1v) is 7.93. The van der Waals surface area contributed by atoms with Gasteiger partial charge in [-0.3, -0.25) is 9.59 Å². The van der Waals surface area contributed by atoms with Gasteiger partial charge < -0.3 is 15.4 Å². The van der Waals surface area contributed by atoms with E-state index in [1.807, 2.05) is 0 Å². The minimum absolute atomic E-state index is 0.0481. The van der Waals surface area contributed by atoms with Gasteiger partial charge in [-0.25, -0.2) is 9.37 Å². The zero-order valence-corrected chi connectivity index (χ0v) is 13.5. The number of halogens is 1. The van der Waals surface area contributed by atoms with E-state index in [1.165, 1.54) is 12.1 Å². The van der Waals surface area contributed by atoms with Crippen molar-refractivity contribution < 1.29 is 18.7 Å². The van der Waals surface area contributed by atoms with Gasteiger partial charge in [0, 0.05) is 25.5 Å². The number of carbonyl (C=O) groups excluding carboxylic acids is 2. The minimum atomic E-state index is -0.401. The Morgan fingerprint density at radius 2 is 2.04 bits per heavy atom. The van der Waals surface area contributed by atoms with Crippen molar-refractivity contribution in [3.63, 3.8) is 0 Å². The van der Waals surface area contributed by atoms with Crippen LogP contribution in [0.15, 0.2) is 42.6 Å². The van der Waals surface area contributed by atoms with Crippen molar-refractivity contribution >= 4 is 17.5 Å². The van der Waals surface area contributed by atoms with Gasteiger partial charge in [0.15, 0.2) is 0 Å². The van der Waals surface area contributed by atoms with Crippen molar-refractivity contribution in [3.05, 3.63) is 54.0 Å². The summed E-state index contributed by atoms with van der Waals surface area (Å²) in [6.07, 6.45) is 2.07. The predicted octanol–water partition coefficient (Wildman–Crippen LogP) is 2.03. The second-order valence-electron chi connectivity index (χ2n) is 6.01. The van der Waals surface area contributed by atoms with E-state index in [0.717, 1.165) is 5.56 Å². The molecular formula is C18H18FN3O3. The number of aromatic nitrogens is 1. The average molecular weight is 343 g/mol. The van der Waals surface area contributed by atoms with Crippen LogP contribution in [-0.2, 0) is 16.2 Å². The molecule has 3 rings (SSSR count). The molecule has 0 bridgehead atoms. The summed E-state index contributed by atoms with van der Waals surface area (Å²) in [5.74, 6) is -0.390. The lowest BCUT2D eigenvalue weighted by molar-refractivity contribution is -0.119. The van der Waals surface area contributed by atoms with E-state index in [9.17, 15) is 14.0 Å². The van der Waals surface area contributed by atoms with Crippen LogP contribution < -0.4 is 15.4 Å². The highest BCUT2D eigenvalue weighted by molar-refractivity contribution is 5.96. The quantitative estimate of drug-likeness (QED) is 0.869. The number of nitrogens with two attached hydrogens (primary N) is 1. The summed E-state index contributed by atoms with van der Waals surface area (Å²) in [7, 11) is 0. The monoisotopic (exact) mass is 343 g/mol. The Bertz CT molecular complexity index is 762. The van der Waals surface area contributed by atoms with E-state index in [-0.39, 0.29) is 30.7 Å². The van der Waals surface area contributed by atoms with E-state index in [1.54, 1.807) is 35.4 Å². The number of rotatable bonds is 6. The van der Waals surface area contributed by atoms with Gasteiger partial charge in [-0.15, -0.1) is 0 Å². The molecule has 7 heteroatoms. The Hall–Kier alpha value is -2.96. The molecule has 2 aromatic rings. The molecule has 1 unspecified atom stereocenters. The van der Waals surface area contributed by atoms with Crippen molar-refractivity contribution in [1.29, 1.82) is 0 Å². The van der Waals surface area contributed by atoms with Gasteiger partial charge >= 0.3 is 0 Å². The maximum Gasteiger partial charge on any atom is 0.227 e. The van der Waals surface area contributed by atoms with Gasteiger partial charge in [0.25, 0.3) is 0 Å². The van der Waals surface area contributed by atoms with Crippen molar-refractivity contribution in [1.82, 2.24) is 4.98 Å². The number of benzene rings is 1. The van der Waals surface area contributed by atoms with E-state index in [0.29, 0.717) is 24.5 Å². The molecule has 2 N–H and O–H groups in total. The Morgan fingerprint density at radius 3 is 2.68 bits per heavy atom. The van der Waals surface area contributed by atoms with E-state index < -0.39 is 5.91 Å². The summed E-state index contributed by atoms with van der Waals surface area (Å²) >= 11 is 0. The number of pyridine rings is 1.